The van der Waals surface area contributed by atoms with Crippen molar-refractivity contribution in [2.75, 3.05) is 5.73 Å². The minimum absolute atomic E-state index is 0.00801. The summed E-state index contributed by atoms with van der Waals surface area (Å²) in [6, 6.07) is 1.61. The standard InChI is InChI=1S/C13H16F3N3O3.C2H6/c14-13(15,16)8-4-7(5-10(12(8)17)19(21)22)6-18-9-2-1-3-11(9)20;1-2/h4-5,9,11,18,20H,1-3,6,17H2;1-2H3. The Bertz CT molecular complexity index is 579. The predicted octanol–water partition coefficient (Wildman–Crippen LogP) is 3.23. The third-order valence-corrected chi connectivity index (χ3v) is 3.77. The van der Waals surface area contributed by atoms with Gasteiger partial charge in [0.25, 0.3) is 5.69 Å². The second-order valence-corrected chi connectivity index (χ2v) is 5.32. The fourth-order valence-electron chi connectivity index (χ4n) is 2.61. The molecule has 0 spiro atoms. The van der Waals surface area contributed by atoms with Crippen molar-refractivity contribution in [3.8, 4) is 0 Å². The molecule has 1 aliphatic carbocycles. The van der Waals surface area contributed by atoms with Crippen molar-refractivity contribution in [3.63, 3.8) is 0 Å². The van der Waals surface area contributed by atoms with Gasteiger partial charge in [0.05, 0.1) is 16.6 Å². The molecule has 0 amide bonds. The van der Waals surface area contributed by atoms with Crippen molar-refractivity contribution in [2.24, 2.45) is 0 Å². The lowest BCUT2D eigenvalue weighted by molar-refractivity contribution is -0.384. The number of hydrogen-bond acceptors (Lipinski definition) is 5. The zero-order chi connectivity index (χ0) is 18.5. The topological polar surface area (TPSA) is 101 Å². The van der Waals surface area contributed by atoms with Crippen molar-refractivity contribution in [2.45, 2.75) is 58.0 Å². The van der Waals surface area contributed by atoms with E-state index in [9.17, 15) is 28.4 Å². The number of benzene rings is 1. The predicted molar refractivity (Wildman–Crippen MR) is 84.3 cm³/mol. The molecular weight excluding hydrogens is 327 g/mol. The van der Waals surface area contributed by atoms with Crippen LogP contribution in [0.25, 0.3) is 0 Å². The number of nitro benzene ring substituents is 1. The van der Waals surface area contributed by atoms with E-state index in [1.54, 1.807) is 0 Å². The molecule has 1 aromatic rings. The lowest BCUT2D eigenvalue weighted by Crippen LogP contribution is -2.35. The van der Waals surface area contributed by atoms with E-state index < -0.39 is 34.1 Å². The number of nitrogens with zero attached hydrogens (tertiary/aromatic N) is 1. The second-order valence-electron chi connectivity index (χ2n) is 5.32. The normalized spacial score (nSPS) is 20.4. The number of nitrogen functional groups attached to an aromatic ring is 1. The molecular formula is C15H22F3N3O3. The number of hydrogen-bond donors (Lipinski definition) is 3. The maximum atomic E-state index is 12.9. The van der Waals surface area contributed by atoms with Crippen molar-refractivity contribution in [3.05, 3.63) is 33.4 Å². The van der Waals surface area contributed by atoms with E-state index in [1.807, 2.05) is 13.8 Å². The number of nitro groups is 1. The first-order valence-electron chi connectivity index (χ1n) is 7.75. The number of anilines is 1. The van der Waals surface area contributed by atoms with Gasteiger partial charge in [-0.3, -0.25) is 10.1 Å². The third kappa shape index (κ3) is 4.81. The fraction of sp³-hybridized carbons (Fsp3) is 0.600. The first-order chi connectivity index (χ1) is 11.2. The van der Waals surface area contributed by atoms with Crippen molar-refractivity contribution < 1.29 is 23.2 Å². The molecule has 1 fully saturated rings. The Morgan fingerprint density at radius 1 is 1.38 bits per heavy atom. The largest absolute Gasteiger partial charge is 0.418 e. The highest BCUT2D eigenvalue weighted by Crippen LogP contribution is 2.38. The van der Waals surface area contributed by atoms with Crippen molar-refractivity contribution in [1.29, 1.82) is 0 Å². The van der Waals surface area contributed by atoms with E-state index in [2.05, 4.69) is 5.32 Å². The van der Waals surface area contributed by atoms with Crippen molar-refractivity contribution in [1.82, 2.24) is 5.32 Å². The molecule has 6 nitrogen and oxygen atoms in total. The average molecular weight is 349 g/mol. The molecule has 1 saturated carbocycles. The molecule has 1 aliphatic rings. The fourth-order valence-corrected chi connectivity index (χ4v) is 2.61. The van der Waals surface area contributed by atoms with Gasteiger partial charge in [0.15, 0.2) is 0 Å². The lowest BCUT2D eigenvalue weighted by Gasteiger charge is -2.17. The Morgan fingerprint density at radius 2 is 2.00 bits per heavy atom. The molecule has 136 valence electrons. The molecule has 24 heavy (non-hydrogen) atoms. The van der Waals surface area contributed by atoms with Crippen LogP contribution in [-0.2, 0) is 12.7 Å². The Kier molecular flexibility index (Phi) is 6.97. The van der Waals surface area contributed by atoms with Gasteiger partial charge in [-0.15, -0.1) is 0 Å². The van der Waals surface area contributed by atoms with E-state index in [0.717, 1.165) is 18.6 Å². The third-order valence-electron chi connectivity index (χ3n) is 3.77. The number of halogens is 3. The maximum Gasteiger partial charge on any atom is 0.418 e. The number of nitrogens with two attached hydrogens (primary N) is 1. The minimum atomic E-state index is -4.77. The van der Waals surface area contributed by atoms with E-state index in [1.165, 1.54) is 0 Å². The van der Waals surface area contributed by atoms with Crippen LogP contribution >= 0.6 is 0 Å². The van der Waals surface area contributed by atoms with Gasteiger partial charge in [-0.05, 0) is 30.9 Å². The zero-order valence-corrected chi connectivity index (χ0v) is 13.6. The van der Waals surface area contributed by atoms with Gasteiger partial charge in [0, 0.05) is 18.7 Å². The summed E-state index contributed by atoms with van der Waals surface area (Å²) < 4.78 is 38.7. The molecule has 0 saturated heterocycles. The van der Waals surface area contributed by atoms with Crippen LogP contribution in [0.1, 0.15) is 44.2 Å². The SMILES string of the molecule is CC.Nc1c([N+](=O)[O-])cc(CNC2CCCC2O)cc1C(F)(F)F. The quantitative estimate of drug-likeness (QED) is 0.440. The van der Waals surface area contributed by atoms with Gasteiger partial charge in [0.2, 0.25) is 0 Å². The van der Waals surface area contributed by atoms with Crippen LogP contribution in [0.4, 0.5) is 24.5 Å². The Hall–Kier alpha value is -1.87. The highest BCUT2D eigenvalue weighted by molar-refractivity contribution is 5.65. The molecule has 9 heteroatoms. The van der Waals surface area contributed by atoms with Gasteiger partial charge in [-0.2, -0.15) is 13.2 Å². The molecule has 0 radical (unpaired) electrons. The van der Waals surface area contributed by atoms with E-state index in [0.29, 0.717) is 12.8 Å². The molecule has 0 bridgehead atoms. The van der Waals surface area contributed by atoms with Crippen molar-refractivity contribution >= 4 is 11.4 Å². The summed E-state index contributed by atoms with van der Waals surface area (Å²) in [5.74, 6) is 0. The van der Waals surface area contributed by atoms with Crippen LogP contribution in [0, 0.1) is 10.1 Å². The molecule has 2 atom stereocenters. The van der Waals surface area contributed by atoms with E-state index >= 15 is 0 Å². The summed E-state index contributed by atoms with van der Waals surface area (Å²) in [5, 5.41) is 23.5. The van der Waals surface area contributed by atoms with Gasteiger partial charge in [-0.25, -0.2) is 0 Å². The molecule has 1 aromatic carbocycles. The molecule has 2 unspecified atom stereocenters. The van der Waals surface area contributed by atoms with Crippen LogP contribution in [-0.4, -0.2) is 22.2 Å². The van der Waals surface area contributed by atoms with Crippen LogP contribution in [0.2, 0.25) is 0 Å². The zero-order valence-electron chi connectivity index (χ0n) is 13.6. The van der Waals surface area contributed by atoms with Gasteiger partial charge >= 0.3 is 6.18 Å². The summed E-state index contributed by atoms with van der Waals surface area (Å²) >= 11 is 0. The Labute approximate surface area is 138 Å². The number of alkyl halides is 3. The number of rotatable bonds is 4. The average Bonchev–Trinajstić information content (AvgIpc) is 2.92. The maximum absolute atomic E-state index is 12.9. The highest BCUT2D eigenvalue weighted by Gasteiger charge is 2.36. The summed E-state index contributed by atoms with van der Waals surface area (Å²) in [4.78, 5) is 9.93. The number of aliphatic hydroxyl groups is 1. The molecule has 0 heterocycles. The first kappa shape index (κ1) is 20.2. The van der Waals surface area contributed by atoms with Crippen LogP contribution in [0.3, 0.4) is 0 Å². The summed E-state index contributed by atoms with van der Waals surface area (Å²) in [7, 11) is 0. The van der Waals surface area contributed by atoms with Gasteiger partial charge in [-0.1, -0.05) is 13.8 Å². The van der Waals surface area contributed by atoms with Gasteiger partial charge < -0.3 is 16.2 Å². The molecule has 4 N–H and O–H groups in total. The second kappa shape index (κ2) is 8.29. The minimum Gasteiger partial charge on any atom is -0.393 e. The van der Waals surface area contributed by atoms with E-state index in [-0.39, 0.29) is 18.2 Å². The van der Waals surface area contributed by atoms with Crippen LogP contribution in [0.5, 0.6) is 0 Å². The monoisotopic (exact) mass is 349 g/mol. The van der Waals surface area contributed by atoms with E-state index in [4.69, 9.17) is 5.73 Å². The van der Waals surface area contributed by atoms with Crippen LogP contribution < -0.4 is 11.1 Å². The number of nitrogens with one attached hydrogen (secondary N) is 1. The Morgan fingerprint density at radius 3 is 2.46 bits per heavy atom. The summed E-state index contributed by atoms with van der Waals surface area (Å²) in [6.45, 7) is 3.99. The Balaban J connectivity index is 0.00000139. The molecule has 0 aliphatic heterocycles. The lowest BCUT2D eigenvalue weighted by atomic mass is 10.1. The first-order valence-corrected chi connectivity index (χ1v) is 7.75. The summed E-state index contributed by atoms with van der Waals surface area (Å²) in [6.07, 6.45) is -3.14. The summed E-state index contributed by atoms with van der Waals surface area (Å²) in [5.41, 5.74) is 2.49. The smallest absolute Gasteiger partial charge is 0.393 e. The molecule has 0 aromatic heterocycles. The molecule has 2 rings (SSSR count). The highest BCUT2D eigenvalue weighted by atomic mass is 19.4. The van der Waals surface area contributed by atoms with Gasteiger partial charge in [0.1, 0.15) is 5.69 Å². The number of aliphatic hydroxyl groups excluding tert-OH is 1. The van der Waals surface area contributed by atoms with Crippen LogP contribution in [0.15, 0.2) is 12.1 Å².